The summed E-state index contributed by atoms with van der Waals surface area (Å²) in [6.45, 7) is 4.88. The fraction of sp³-hybridized carbons (Fsp3) is 0.700. The minimum atomic E-state index is 0.238. The van der Waals surface area contributed by atoms with Gasteiger partial charge in [-0.3, -0.25) is 4.79 Å². The monoisotopic (exact) mass is 165 g/mol. The predicted octanol–water partition coefficient (Wildman–Crippen LogP) is 1.62. The van der Waals surface area contributed by atoms with E-state index in [1.165, 1.54) is 5.57 Å². The Hall–Kier alpha value is -0.790. The van der Waals surface area contributed by atoms with Gasteiger partial charge in [-0.05, 0) is 31.1 Å². The van der Waals surface area contributed by atoms with Crippen LogP contribution in [-0.4, -0.2) is 12.5 Å². The summed E-state index contributed by atoms with van der Waals surface area (Å²) in [7, 11) is 0. The van der Waals surface area contributed by atoms with Crippen LogP contribution in [0.2, 0.25) is 0 Å². The molecular weight excluding hydrogens is 150 g/mol. The molecule has 1 N–H and O–H groups in total. The molecule has 2 fully saturated rings. The van der Waals surface area contributed by atoms with Gasteiger partial charge in [0.1, 0.15) is 0 Å². The van der Waals surface area contributed by atoms with Crippen molar-refractivity contribution in [1.82, 2.24) is 5.32 Å². The number of rotatable bonds is 0. The molecule has 2 aliphatic rings. The highest BCUT2D eigenvalue weighted by Crippen LogP contribution is 2.42. The van der Waals surface area contributed by atoms with E-state index >= 15 is 0 Å². The van der Waals surface area contributed by atoms with Gasteiger partial charge >= 0.3 is 0 Å². The van der Waals surface area contributed by atoms with E-state index < -0.39 is 0 Å². The van der Waals surface area contributed by atoms with Crippen molar-refractivity contribution in [3.8, 4) is 0 Å². The van der Waals surface area contributed by atoms with Gasteiger partial charge in [0.15, 0.2) is 0 Å². The lowest BCUT2D eigenvalue weighted by Gasteiger charge is -2.32. The molecule has 0 aromatic heterocycles. The molecular formula is C10H15NO. The average Bonchev–Trinajstić information content (AvgIpc) is 2.40. The van der Waals surface area contributed by atoms with E-state index in [1.807, 2.05) is 0 Å². The van der Waals surface area contributed by atoms with Crippen molar-refractivity contribution in [3.63, 3.8) is 0 Å². The second-order valence-electron chi connectivity index (χ2n) is 4.20. The van der Waals surface area contributed by atoms with Gasteiger partial charge in [-0.15, -0.1) is 0 Å². The quantitative estimate of drug-likeness (QED) is 0.543. The van der Waals surface area contributed by atoms with Crippen LogP contribution >= 0.6 is 0 Å². The van der Waals surface area contributed by atoms with Crippen molar-refractivity contribution in [2.45, 2.75) is 32.1 Å². The highest BCUT2D eigenvalue weighted by atomic mass is 16.1. The lowest BCUT2D eigenvalue weighted by atomic mass is 9.72. The highest BCUT2D eigenvalue weighted by molar-refractivity contribution is 5.79. The van der Waals surface area contributed by atoms with Crippen molar-refractivity contribution >= 4 is 5.91 Å². The van der Waals surface area contributed by atoms with E-state index in [1.54, 1.807) is 0 Å². The van der Waals surface area contributed by atoms with Gasteiger partial charge in [-0.1, -0.05) is 12.2 Å². The van der Waals surface area contributed by atoms with Crippen molar-refractivity contribution in [2.24, 2.45) is 5.41 Å². The third kappa shape index (κ3) is 1.26. The Morgan fingerprint density at radius 1 is 1.33 bits per heavy atom. The first-order valence-electron chi connectivity index (χ1n) is 4.64. The minimum absolute atomic E-state index is 0.238. The summed E-state index contributed by atoms with van der Waals surface area (Å²) < 4.78 is 0. The largest absolute Gasteiger partial charge is 0.356 e. The fourth-order valence-corrected chi connectivity index (χ4v) is 2.24. The Morgan fingerprint density at radius 2 is 2.00 bits per heavy atom. The average molecular weight is 165 g/mol. The highest BCUT2D eigenvalue weighted by Gasteiger charge is 2.39. The first-order valence-corrected chi connectivity index (χ1v) is 4.64. The molecule has 2 rings (SSSR count). The van der Waals surface area contributed by atoms with Crippen LogP contribution in [-0.2, 0) is 4.79 Å². The van der Waals surface area contributed by atoms with Gasteiger partial charge in [0, 0.05) is 13.0 Å². The number of carbonyl (C=O) groups is 1. The molecule has 0 atom stereocenters. The van der Waals surface area contributed by atoms with Gasteiger partial charge in [0.2, 0.25) is 5.91 Å². The topological polar surface area (TPSA) is 29.1 Å². The second-order valence-corrected chi connectivity index (χ2v) is 4.20. The van der Waals surface area contributed by atoms with Crippen molar-refractivity contribution in [3.05, 3.63) is 12.2 Å². The predicted molar refractivity (Wildman–Crippen MR) is 47.7 cm³/mol. The molecule has 0 bridgehead atoms. The van der Waals surface area contributed by atoms with E-state index in [0.717, 1.165) is 38.6 Å². The number of nitrogens with one attached hydrogen (secondary N) is 1. The molecule has 1 aliphatic carbocycles. The Labute approximate surface area is 73.0 Å². The van der Waals surface area contributed by atoms with Crippen LogP contribution < -0.4 is 5.32 Å². The SMILES string of the molecule is C=C1CCC2(CC1)CNC(=O)C2. The van der Waals surface area contributed by atoms with Crippen molar-refractivity contribution in [1.29, 1.82) is 0 Å². The van der Waals surface area contributed by atoms with Crippen LogP contribution in [0.4, 0.5) is 0 Å². The van der Waals surface area contributed by atoms with E-state index in [4.69, 9.17) is 0 Å². The number of amides is 1. The molecule has 1 heterocycles. The zero-order valence-corrected chi connectivity index (χ0v) is 7.36. The molecule has 2 heteroatoms. The Bertz CT molecular complexity index is 222. The standard InChI is InChI=1S/C10H15NO/c1-8-2-4-10(5-3-8)6-9(12)11-7-10/h1-7H2,(H,11,12). The molecule has 0 radical (unpaired) electrons. The normalized spacial score (nSPS) is 27.7. The number of carbonyl (C=O) groups excluding carboxylic acids is 1. The molecule has 66 valence electrons. The maximum absolute atomic E-state index is 11.1. The zero-order chi connectivity index (χ0) is 8.60. The number of allylic oxidation sites excluding steroid dienone is 1. The van der Waals surface area contributed by atoms with E-state index in [-0.39, 0.29) is 5.91 Å². The first-order chi connectivity index (χ1) is 5.70. The molecule has 0 aromatic rings. The zero-order valence-electron chi connectivity index (χ0n) is 7.36. The third-order valence-electron chi connectivity index (χ3n) is 3.21. The summed E-state index contributed by atoms with van der Waals surface area (Å²) in [6.07, 6.45) is 5.30. The summed E-state index contributed by atoms with van der Waals surface area (Å²) >= 11 is 0. The Balaban J connectivity index is 2.04. The molecule has 1 spiro atoms. The van der Waals surface area contributed by atoms with Crippen molar-refractivity contribution < 1.29 is 4.79 Å². The summed E-state index contributed by atoms with van der Waals surface area (Å²) in [5.74, 6) is 0.238. The Morgan fingerprint density at radius 3 is 2.50 bits per heavy atom. The summed E-state index contributed by atoms with van der Waals surface area (Å²) in [5.41, 5.74) is 1.66. The van der Waals surface area contributed by atoms with Crippen molar-refractivity contribution in [2.75, 3.05) is 6.54 Å². The summed E-state index contributed by atoms with van der Waals surface area (Å²) in [4.78, 5) is 11.1. The molecule has 0 unspecified atom stereocenters. The van der Waals surface area contributed by atoms with E-state index in [9.17, 15) is 4.79 Å². The smallest absolute Gasteiger partial charge is 0.220 e. The molecule has 1 saturated heterocycles. The maximum atomic E-state index is 11.1. The maximum Gasteiger partial charge on any atom is 0.220 e. The molecule has 0 aromatic carbocycles. The Kier molecular flexibility index (Phi) is 1.71. The van der Waals surface area contributed by atoms with E-state index in [0.29, 0.717) is 5.41 Å². The third-order valence-corrected chi connectivity index (χ3v) is 3.21. The van der Waals surface area contributed by atoms with Crippen LogP contribution in [0.5, 0.6) is 0 Å². The number of hydrogen-bond donors (Lipinski definition) is 1. The van der Waals surface area contributed by atoms with Gasteiger partial charge in [0.05, 0.1) is 0 Å². The molecule has 1 amide bonds. The minimum Gasteiger partial charge on any atom is -0.356 e. The van der Waals surface area contributed by atoms with Crippen LogP contribution in [0.25, 0.3) is 0 Å². The van der Waals surface area contributed by atoms with Crippen LogP contribution in [0, 0.1) is 5.41 Å². The molecule has 12 heavy (non-hydrogen) atoms. The van der Waals surface area contributed by atoms with Gasteiger partial charge in [-0.25, -0.2) is 0 Å². The lowest BCUT2D eigenvalue weighted by molar-refractivity contribution is -0.119. The van der Waals surface area contributed by atoms with Gasteiger partial charge < -0.3 is 5.32 Å². The number of hydrogen-bond acceptors (Lipinski definition) is 1. The van der Waals surface area contributed by atoms with Crippen LogP contribution in [0.3, 0.4) is 0 Å². The lowest BCUT2D eigenvalue weighted by Crippen LogP contribution is -2.27. The van der Waals surface area contributed by atoms with Crippen LogP contribution in [0.1, 0.15) is 32.1 Å². The summed E-state index contributed by atoms with van der Waals surface area (Å²) in [5, 5.41) is 2.93. The fourth-order valence-electron chi connectivity index (χ4n) is 2.24. The van der Waals surface area contributed by atoms with E-state index in [2.05, 4.69) is 11.9 Å². The summed E-state index contributed by atoms with van der Waals surface area (Å²) in [6, 6.07) is 0. The molecule has 1 saturated carbocycles. The van der Waals surface area contributed by atoms with Crippen LogP contribution in [0.15, 0.2) is 12.2 Å². The van der Waals surface area contributed by atoms with Gasteiger partial charge in [0.25, 0.3) is 0 Å². The van der Waals surface area contributed by atoms with Gasteiger partial charge in [-0.2, -0.15) is 0 Å². The molecule has 1 aliphatic heterocycles. The first kappa shape index (κ1) is 7.84. The second kappa shape index (κ2) is 2.61. The molecule has 2 nitrogen and oxygen atoms in total.